The maximum atomic E-state index is 9.55. The van der Waals surface area contributed by atoms with Crippen molar-refractivity contribution < 1.29 is 49.1 Å². The summed E-state index contributed by atoms with van der Waals surface area (Å²) in [5, 5.41) is 32.0. The van der Waals surface area contributed by atoms with Crippen LogP contribution in [0.3, 0.4) is 0 Å². The highest BCUT2D eigenvalue weighted by Crippen LogP contribution is 2.25. The summed E-state index contributed by atoms with van der Waals surface area (Å²) in [5.74, 6) is -4.12. The third-order valence-corrected chi connectivity index (χ3v) is 4.17. The highest BCUT2D eigenvalue weighted by Gasteiger charge is 2.20. The number of benzene rings is 1. The van der Waals surface area contributed by atoms with Crippen LogP contribution in [0, 0.1) is 0 Å². The lowest BCUT2D eigenvalue weighted by atomic mass is 10.1. The number of carboxylic acid groups (broad SMARTS) is 4. The Hall–Kier alpha value is -3.45. The van der Waals surface area contributed by atoms with Crippen LogP contribution in [0.25, 0.3) is 0 Å². The van der Waals surface area contributed by atoms with Gasteiger partial charge in [0.15, 0.2) is 0 Å². The summed E-state index contributed by atoms with van der Waals surface area (Å²) in [5.41, 5.74) is 6.78. The van der Waals surface area contributed by atoms with Gasteiger partial charge in [0.2, 0.25) is 0 Å². The van der Waals surface area contributed by atoms with Crippen molar-refractivity contribution in [1.29, 1.82) is 0 Å². The van der Waals surface area contributed by atoms with E-state index >= 15 is 0 Å². The number of nitrogens with zero attached hydrogens (tertiary/aromatic N) is 1. The molecule has 0 aromatic heterocycles. The molecule has 13 heteroatoms. The summed E-state index contributed by atoms with van der Waals surface area (Å²) >= 11 is 6.07. The van der Waals surface area contributed by atoms with Gasteiger partial charge in [-0.05, 0) is 25.1 Å². The molecule has 1 aliphatic rings. The molecule has 12 nitrogen and oxygen atoms in total. The van der Waals surface area contributed by atoms with Crippen molar-refractivity contribution in [2.45, 2.75) is 19.6 Å². The molecule has 0 spiro atoms. The Morgan fingerprint density at radius 2 is 1.57 bits per heavy atom. The van der Waals surface area contributed by atoms with E-state index in [0.29, 0.717) is 37.5 Å². The number of ether oxygens (including phenoxy) is 2. The molecule has 35 heavy (non-hydrogen) atoms. The van der Waals surface area contributed by atoms with Gasteiger partial charge in [-0.3, -0.25) is 4.90 Å². The molecule has 6 N–H and O–H groups in total. The maximum absolute atomic E-state index is 9.55. The van der Waals surface area contributed by atoms with E-state index in [9.17, 15) is 19.2 Å². The minimum atomic E-state index is -1.26. The molecular weight excluding hydrogens is 488 g/mol. The Labute approximate surface area is 206 Å². The van der Waals surface area contributed by atoms with Gasteiger partial charge in [0.1, 0.15) is 5.75 Å². The Balaban J connectivity index is 0.000000601. The number of nitrogens with two attached hydrogens (primary N) is 1. The molecule has 1 fully saturated rings. The molecule has 0 bridgehead atoms. The number of hydrogen-bond acceptors (Lipinski definition) is 8. The van der Waals surface area contributed by atoms with Gasteiger partial charge in [0.25, 0.3) is 0 Å². The molecule has 0 aliphatic carbocycles. The highest BCUT2D eigenvalue weighted by molar-refractivity contribution is 6.30. The third-order valence-electron chi connectivity index (χ3n) is 3.94. The Morgan fingerprint density at radius 1 is 1.06 bits per heavy atom. The van der Waals surface area contributed by atoms with Crippen LogP contribution in [0.5, 0.6) is 5.75 Å². The van der Waals surface area contributed by atoms with Gasteiger partial charge >= 0.3 is 23.9 Å². The second-order valence-electron chi connectivity index (χ2n) is 6.67. The third kappa shape index (κ3) is 16.8. The first-order valence-corrected chi connectivity index (χ1v) is 10.6. The summed E-state index contributed by atoms with van der Waals surface area (Å²) in [6, 6.07) is 5.76. The predicted molar refractivity (Wildman–Crippen MR) is 126 cm³/mol. The van der Waals surface area contributed by atoms with Crippen LogP contribution in [0.2, 0.25) is 5.02 Å². The van der Waals surface area contributed by atoms with Gasteiger partial charge in [0, 0.05) is 61.1 Å². The van der Waals surface area contributed by atoms with E-state index in [1.54, 1.807) is 0 Å². The Kier molecular flexibility index (Phi) is 16.2. The van der Waals surface area contributed by atoms with Crippen LogP contribution in [-0.4, -0.2) is 88.2 Å². The minimum absolute atomic E-state index is 0.128. The number of carbonyl (C=O) groups is 4. The molecule has 0 amide bonds. The van der Waals surface area contributed by atoms with Gasteiger partial charge in [0.05, 0.1) is 19.3 Å². The number of rotatable bonds is 9. The average molecular weight is 517 g/mol. The fourth-order valence-electron chi connectivity index (χ4n) is 2.56. The zero-order chi connectivity index (χ0) is 26.8. The number of hydrogen-bond donors (Lipinski definition) is 5. The van der Waals surface area contributed by atoms with E-state index in [0.717, 1.165) is 42.6 Å². The van der Waals surface area contributed by atoms with Crippen molar-refractivity contribution in [3.8, 4) is 5.75 Å². The zero-order valence-electron chi connectivity index (χ0n) is 19.0. The standard InChI is InChI=1S/C14H21ClN2O2.2C4H4O4/c1-2-18-14-4-3-12(15)7-11(14)9-17-5-6-19-13(8-16)10-17;2*5-3(6)1-2-4(7)8/h3-4,7,13H,2,5-6,8-10,16H2,1H3;2*1-2H,(H,5,6)(H,7,8)/b;2*2-1+/t13-;;/m1../s1. The Morgan fingerprint density at radius 3 is 2.00 bits per heavy atom. The first-order valence-electron chi connectivity index (χ1n) is 10.2. The number of aliphatic carboxylic acids is 4. The second kappa shape index (κ2) is 18.0. The maximum Gasteiger partial charge on any atom is 0.328 e. The van der Waals surface area contributed by atoms with Gasteiger partial charge < -0.3 is 35.6 Å². The van der Waals surface area contributed by atoms with Crippen LogP contribution < -0.4 is 10.5 Å². The van der Waals surface area contributed by atoms with Gasteiger partial charge in [-0.15, -0.1) is 0 Å². The van der Waals surface area contributed by atoms with E-state index in [4.69, 9.17) is 47.2 Å². The van der Waals surface area contributed by atoms with Crippen LogP contribution in [-0.2, 0) is 30.5 Å². The van der Waals surface area contributed by atoms with Gasteiger partial charge in [-0.25, -0.2) is 19.2 Å². The first kappa shape index (κ1) is 31.6. The topological polar surface area (TPSA) is 197 Å². The highest BCUT2D eigenvalue weighted by atomic mass is 35.5. The number of carboxylic acids is 4. The monoisotopic (exact) mass is 516 g/mol. The van der Waals surface area contributed by atoms with E-state index in [-0.39, 0.29) is 6.10 Å². The lowest BCUT2D eigenvalue weighted by molar-refractivity contribution is -0.134. The lowest BCUT2D eigenvalue weighted by Gasteiger charge is -2.32. The molecule has 1 aliphatic heterocycles. The van der Waals surface area contributed by atoms with Crippen LogP contribution in [0.1, 0.15) is 12.5 Å². The van der Waals surface area contributed by atoms with Crippen molar-refractivity contribution in [3.05, 3.63) is 53.1 Å². The lowest BCUT2D eigenvalue weighted by Crippen LogP contribution is -2.45. The summed E-state index contributed by atoms with van der Waals surface area (Å²) < 4.78 is 11.2. The van der Waals surface area contributed by atoms with Crippen molar-refractivity contribution in [2.24, 2.45) is 5.73 Å². The predicted octanol–water partition coefficient (Wildman–Crippen LogP) is 1.32. The van der Waals surface area contributed by atoms with Crippen molar-refractivity contribution >= 4 is 35.5 Å². The van der Waals surface area contributed by atoms with Crippen LogP contribution >= 0.6 is 11.6 Å². The molecule has 0 unspecified atom stereocenters. The molecule has 1 atom stereocenters. The van der Waals surface area contributed by atoms with E-state index in [1.807, 2.05) is 25.1 Å². The first-order chi connectivity index (χ1) is 16.5. The smallest absolute Gasteiger partial charge is 0.328 e. The average Bonchev–Trinajstić information content (AvgIpc) is 2.79. The molecule has 1 saturated heterocycles. The molecule has 194 valence electrons. The fraction of sp³-hybridized carbons (Fsp3) is 0.364. The van der Waals surface area contributed by atoms with Crippen LogP contribution in [0.15, 0.2) is 42.5 Å². The largest absolute Gasteiger partial charge is 0.494 e. The van der Waals surface area contributed by atoms with E-state index < -0.39 is 23.9 Å². The summed E-state index contributed by atoms with van der Waals surface area (Å²) in [7, 11) is 0. The van der Waals surface area contributed by atoms with Crippen LogP contribution in [0.4, 0.5) is 0 Å². The Bertz CT molecular complexity index is 838. The van der Waals surface area contributed by atoms with Crippen molar-refractivity contribution in [3.63, 3.8) is 0 Å². The summed E-state index contributed by atoms with van der Waals surface area (Å²) in [6.07, 6.45) is 2.36. The summed E-state index contributed by atoms with van der Waals surface area (Å²) in [4.78, 5) is 40.5. The number of halogens is 1. The fourth-order valence-corrected chi connectivity index (χ4v) is 2.76. The van der Waals surface area contributed by atoms with Gasteiger partial charge in [-0.2, -0.15) is 0 Å². The van der Waals surface area contributed by atoms with Crippen molar-refractivity contribution in [1.82, 2.24) is 4.90 Å². The molecule has 2 rings (SSSR count). The molecule has 1 heterocycles. The summed E-state index contributed by atoms with van der Waals surface area (Å²) in [6.45, 7) is 6.51. The second-order valence-corrected chi connectivity index (χ2v) is 7.10. The molecule has 1 aromatic rings. The van der Waals surface area contributed by atoms with E-state index in [2.05, 4.69) is 4.90 Å². The normalized spacial score (nSPS) is 15.5. The zero-order valence-corrected chi connectivity index (χ0v) is 19.8. The molecule has 0 saturated carbocycles. The number of morpholine rings is 1. The minimum Gasteiger partial charge on any atom is -0.494 e. The van der Waals surface area contributed by atoms with Gasteiger partial charge in [-0.1, -0.05) is 11.6 Å². The molecule has 0 radical (unpaired) electrons. The van der Waals surface area contributed by atoms with E-state index in [1.165, 1.54) is 0 Å². The SMILES string of the molecule is CCOc1ccc(Cl)cc1CN1CCO[C@H](CN)C1.O=C(O)/C=C/C(=O)O.O=C(O)/C=C/C(=O)O. The van der Waals surface area contributed by atoms with Crippen molar-refractivity contribution in [2.75, 3.05) is 32.8 Å². The molecular formula is C22H29ClN2O10. The quantitative estimate of drug-likeness (QED) is 0.295. The molecule has 1 aromatic carbocycles.